The maximum absolute atomic E-state index is 13.5. The number of amides is 1. The SMILES string of the molecule is COc1cc([C@H]2C(C(=O)Nc3ccc(C)cc3C)=C(C)Nc3nnnn32)ccc1OC(F)F. The smallest absolute Gasteiger partial charge is 0.387 e. The van der Waals surface area contributed by atoms with Gasteiger partial charge in [0, 0.05) is 11.4 Å². The lowest BCUT2D eigenvalue weighted by molar-refractivity contribution is -0.113. The predicted molar refractivity (Wildman–Crippen MR) is 116 cm³/mol. The zero-order chi connectivity index (χ0) is 23.7. The number of alkyl halides is 2. The molecule has 0 radical (unpaired) electrons. The topological polar surface area (TPSA) is 103 Å². The van der Waals surface area contributed by atoms with Gasteiger partial charge in [-0.3, -0.25) is 4.79 Å². The molecule has 0 unspecified atom stereocenters. The van der Waals surface area contributed by atoms with Crippen molar-refractivity contribution < 1.29 is 23.0 Å². The molecule has 1 aliphatic rings. The molecule has 0 aliphatic carbocycles. The molecule has 0 spiro atoms. The molecule has 0 bridgehead atoms. The van der Waals surface area contributed by atoms with Crippen molar-refractivity contribution in [3.8, 4) is 11.5 Å². The third-order valence-corrected chi connectivity index (χ3v) is 5.31. The van der Waals surface area contributed by atoms with E-state index in [0.717, 1.165) is 11.1 Å². The van der Waals surface area contributed by atoms with Gasteiger partial charge in [0.15, 0.2) is 11.5 Å². The number of carbonyl (C=O) groups is 1. The van der Waals surface area contributed by atoms with Crippen LogP contribution in [0.1, 0.15) is 29.7 Å². The number of hydrogen-bond acceptors (Lipinski definition) is 7. The van der Waals surface area contributed by atoms with Crippen molar-refractivity contribution in [2.45, 2.75) is 33.4 Å². The first-order valence-electron chi connectivity index (χ1n) is 10.1. The average Bonchev–Trinajstić information content (AvgIpc) is 3.22. The number of nitrogens with one attached hydrogen (secondary N) is 2. The normalized spacial score (nSPS) is 15.2. The Balaban J connectivity index is 1.76. The molecule has 172 valence electrons. The average molecular weight is 456 g/mol. The highest BCUT2D eigenvalue weighted by Gasteiger charge is 2.34. The van der Waals surface area contributed by atoms with Crippen molar-refractivity contribution in [3.63, 3.8) is 0 Å². The summed E-state index contributed by atoms with van der Waals surface area (Å²) in [6.45, 7) is 2.62. The zero-order valence-corrected chi connectivity index (χ0v) is 18.4. The van der Waals surface area contributed by atoms with Gasteiger partial charge >= 0.3 is 6.61 Å². The van der Waals surface area contributed by atoms with Crippen LogP contribution < -0.4 is 20.1 Å². The Morgan fingerprint density at radius 2 is 1.94 bits per heavy atom. The van der Waals surface area contributed by atoms with Gasteiger partial charge in [0.1, 0.15) is 6.04 Å². The number of anilines is 2. The lowest BCUT2D eigenvalue weighted by Crippen LogP contribution is -2.31. The number of nitrogens with zero attached hydrogens (tertiary/aromatic N) is 4. The summed E-state index contributed by atoms with van der Waals surface area (Å²) in [5.41, 5.74) is 4.13. The quantitative estimate of drug-likeness (QED) is 0.581. The third kappa shape index (κ3) is 4.34. The minimum Gasteiger partial charge on any atom is -0.493 e. The number of tetrazole rings is 1. The zero-order valence-electron chi connectivity index (χ0n) is 18.4. The molecule has 11 heteroatoms. The lowest BCUT2D eigenvalue weighted by atomic mass is 9.94. The number of rotatable bonds is 6. The molecule has 1 atom stereocenters. The van der Waals surface area contributed by atoms with Crippen molar-refractivity contribution in [1.29, 1.82) is 0 Å². The summed E-state index contributed by atoms with van der Waals surface area (Å²) in [4.78, 5) is 13.5. The number of benzene rings is 2. The van der Waals surface area contributed by atoms with Crippen LogP contribution in [0.5, 0.6) is 11.5 Å². The first-order chi connectivity index (χ1) is 15.8. The van der Waals surface area contributed by atoms with Gasteiger partial charge < -0.3 is 20.1 Å². The second-order valence-electron chi connectivity index (χ2n) is 7.57. The van der Waals surface area contributed by atoms with Crippen molar-refractivity contribution >= 4 is 17.5 Å². The fourth-order valence-corrected chi connectivity index (χ4v) is 3.81. The van der Waals surface area contributed by atoms with Gasteiger partial charge in [-0.05, 0) is 60.5 Å². The van der Waals surface area contributed by atoms with Crippen molar-refractivity contribution in [1.82, 2.24) is 20.2 Å². The Bertz CT molecular complexity index is 1240. The molecular formula is C22H22F2N6O3. The summed E-state index contributed by atoms with van der Waals surface area (Å²) in [5, 5.41) is 17.7. The lowest BCUT2D eigenvalue weighted by Gasteiger charge is -2.28. The number of aryl methyl sites for hydroxylation is 2. The molecular weight excluding hydrogens is 434 g/mol. The molecule has 9 nitrogen and oxygen atoms in total. The number of fused-ring (bicyclic) bond motifs is 1. The van der Waals surface area contributed by atoms with E-state index in [1.165, 1.54) is 23.9 Å². The van der Waals surface area contributed by atoms with Crippen LogP contribution in [0.4, 0.5) is 20.4 Å². The van der Waals surface area contributed by atoms with Gasteiger partial charge in [-0.25, -0.2) is 0 Å². The van der Waals surface area contributed by atoms with Crippen LogP contribution in [-0.2, 0) is 4.79 Å². The first kappa shape index (κ1) is 22.2. The highest BCUT2D eigenvalue weighted by Crippen LogP contribution is 2.39. The fraction of sp³-hybridized carbons (Fsp3) is 0.273. The summed E-state index contributed by atoms with van der Waals surface area (Å²) in [6.07, 6.45) is 0. The standard InChI is InChI=1S/C22H22F2N6O3/c1-11-5-7-15(12(2)9-11)26-20(31)18-13(3)25-22-27-28-29-30(22)19(18)14-6-8-16(33-21(23)24)17(10-14)32-4/h5-10,19,21H,1-4H3,(H,26,31)(H,25,27,29)/t19-/m0/s1. The minimum atomic E-state index is -3.00. The number of hydrogen-bond donors (Lipinski definition) is 2. The van der Waals surface area contributed by atoms with E-state index >= 15 is 0 Å². The number of carbonyl (C=O) groups excluding carboxylic acids is 1. The second-order valence-corrected chi connectivity index (χ2v) is 7.57. The van der Waals surface area contributed by atoms with Crippen molar-refractivity contribution in [3.05, 3.63) is 64.4 Å². The second kappa shape index (κ2) is 8.85. The fourth-order valence-electron chi connectivity index (χ4n) is 3.81. The van der Waals surface area contributed by atoms with E-state index in [0.29, 0.717) is 28.5 Å². The van der Waals surface area contributed by atoms with Gasteiger partial charge in [0.25, 0.3) is 5.91 Å². The number of methoxy groups -OCH3 is 1. The summed E-state index contributed by atoms with van der Waals surface area (Å²) in [6, 6.07) is 9.44. The third-order valence-electron chi connectivity index (χ3n) is 5.31. The van der Waals surface area contributed by atoms with Crippen LogP contribution in [0.2, 0.25) is 0 Å². The van der Waals surface area contributed by atoms with Gasteiger partial charge in [-0.2, -0.15) is 13.5 Å². The van der Waals surface area contributed by atoms with Gasteiger partial charge in [-0.1, -0.05) is 28.9 Å². The maximum Gasteiger partial charge on any atom is 0.387 e. The Hall–Kier alpha value is -4.02. The summed E-state index contributed by atoms with van der Waals surface area (Å²) in [7, 11) is 1.34. The van der Waals surface area contributed by atoms with E-state index in [2.05, 4.69) is 30.9 Å². The molecule has 4 rings (SSSR count). The molecule has 1 amide bonds. The van der Waals surface area contributed by atoms with Gasteiger partial charge in [0.05, 0.1) is 12.7 Å². The Morgan fingerprint density at radius 1 is 1.15 bits per heavy atom. The summed E-state index contributed by atoms with van der Waals surface area (Å²) in [5.74, 6) is -0.0470. The Kier molecular flexibility index (Phi) is 5.95. The molecule has 3 aromatic rings. The van der Waals surface area contributed by atoms with E-state index in [4.69, 9.17) is 4.74 Å². The maximum atomic E-state index is 13.5. The largest absolute Gasteiger partial charge is 0.493 e. The molecule has 2 heterocycles. The number of aromatic nitrogens is 4. The van der Waals surface area contributed by atoms with Crippen LogP contribution in [0.15, 0.2) is 47.7 Å². The molecule has 0 saturated heterocycles. The van der Waals surface area contributed by atoms with Crippen LogP contribution in [0.25, 0.3) is 0 Å². The van der Waals surface area contributed by atoms with E-state index in [9.17, 15) is 13.6 Å². The van der Waals surface area contributed by atoms with E-state index in [1.807, 2.05) is 32.0 Å². The van der Waals surface area contributed by atoms with Gasteiger partial charge in [-0.15, -0.1) is 0 Å². The highest BCUT2D eigenvalue weighted by atomic mass is 19.3. The summed E-state index contributed by atoms with van der Waals surface area (Å²) < 4.78 is 36.7. The van der Waals surface area contributed by atoms with E-state index in [1.54, 1.807) is 13.0 Å². The first-order valence-corrected chi connectivity index (χ1v) is 10.1. The van der Waals surface area contributed by atoms with Crippen LogP contribution in [0, 0.1) is 13.8 Å². The summed E-state index contributed by atoms with van der Waals surface area (Å²) >= 11 is 0. The number of allylic oxidation sites excluding steroid dienone is 1. The molecule has 1 aliphatic heterocycles. The number of ether oxygens (including phenoxy) is 2. The predicted octanol–water partition coefficient (Wildman–Crippen LogP) is 3.83. The number of halogens is 2. The minimum absolute atomic E-state index is 0.0905. The Morgan fingerprint density at radius 3 is 2.64 bits per heavy atom. The van der Waals surface area contributed by atoms with Crippen molar-refractivity contribution in [2.75, 3.05) is 17.7 Å². The molecule has 33 heavy (non-hydrogen) atoms. The van der Waals surface area contributed by atoms with E-state index < -0.39 is 12.7 Å². The van der Waals surface area contributed by atoms with Gasteiger partial charge in [0.2, 0.25) is 5.95 Å². The van der Waals surface area contributed by atoms with Crippen LogP contribution in [0.3, 0.4) is 0 Å². The van der Waals surface area contributed by atoms with Crippen molar-refractivity contribution in [2.24, 2.45) is 0 Å². The molecule has 2 N–H and O–H groups in total. The monoisotopic (exact) mass is 456 g/mol. The molecule has 0 saturated carbocycles. The molecule has 2 aromatic carbocycles. The highest BCUT2D eigenvalue weighted by molar-refractivity contribution is 6.06. The van der Waals surface area contributed by atoms with E-state index in [-0.39, 0.29) is 17.4 Å². The molecule has 1 aromatic heterocycles. The Labute approximate surface area is 188 Å². The van der Waals surface area contributed by atoms with Crippen LogP contribution in [-0.4, -0.2) is 39.8 Å². The van der Waals surface area contributed by atoms with Crippen LogP contribution >= 0.6 is 0 Å². The molecule has 0 fully saturated rings.